The first kappa shape index (κ1) is 62.3. The lowest BCUT2D eigenvalue weighted by atomic mass is 9.76. The van der Waals surface area contributed by atoms with Crippen LogP contribution in [0, 0.1) is 18.3 Å². The Kier molecular flexibility index (Phi) is 21.2. The molecule has 3 saturated heterocycles. The first-order valence-electron chi connectivity index (χ1n) is 28.9. The summed E-state index contributed by atoms with van der Waals surface area (Å²) in [6, 6.07) is 21.2. The average molecular weight is 1170 g/mol. The van der Waals surface area contributed by atoms with E-state index in [9.17, 15) is 47.0 Å². The maximum Gasteiger partial charge on any atom is 0.417 e. The van der Waals surface area contributed by atoms with Crippen LogP contribution in [0.3, 0.4) is 0 Å². The lowest BCUT2D eigenvalue weighted by molar-refractivity contribution is -0.146. The molecule has 3 atom stereocenters. The number of benzene rings is 3. The maximum absolute atomic E-state index is 14.1. The van der Waals surface area contributed by atoms with Crippen molar-refractivity contribution in [1.82, 2.24) is 40.2 Å². The Hall–Kier alpha value is -6.78. The van der Waals surface area contributed by atoms with Crippen LogP contribution in [0.15, 0.2) is 89.3 Å². The van der Waals surface area contributed by atoms with Gasteiger partial charge in [-0.1, -0.05) is 82.1 Å². The Balaban J connectivity index is 0.726. The molecule has 5 heterocycles. The summed E-state index contributed by atoms with van der Waals surface area (Å²) < 4.78 is 41.9. The van der Waals surface area contributed by atoms with Crippen LogP contribution in [0.2, 0.25) is 0 Å². The van der Waals surface area contributed by atoms with E-state index in [1.807, 2.05) is 88.8 Å². The second-order valence-electron chi connectivity index (χ2n) is 23.4. The van der Waals surface area contributed by atoms with Gasteiger partial charge in [-0.15, -0.1) is 11.3 Å². The fourth-order valence-corrected chi connectivity index (χ4v) is 12.0. The summed E-state index contributed by atoms with van der Waals surface area (Å²) in [5.74, 6) is -2.30. The third kappa shape index (κ3) is 17.2. The molecule has 17 nitrogen and oxygen atoms in total. The van der Waals surface area contributed by atoms with Crippen LogP contribution in [0.4, 0.5) is 24.5 Å². The highest BCUT2D eigenvalue weighted by molar-refractivity contribution is 7.13. The molecule has 3 fully saturated rings. The van der Waals surface area contributed by atoms with Crippen molar-refractivity contribution in [1.29, 1.82) is 0 Å². The zero-order valence-electron chi connectivity index (χ0n) is 48.3. The van der Waals surface area contributed by atoms with Gasteiger partial charge in [0.1, 0.15) is 11.8 Å². The SMILES string of the molecule is Cc1ncsc1-c1ccc(CNC(=O)[C@@H]2C[C@@H](O)CN2C(=O)[C@@H](CC(=O)CCCCCCC(=O)NCCN2CCN(Cc3cccc(-c4ccc(N5CCN(C)CC5)c(NC(=O)c5c[nH]c(=O)cc5C(F)(F)F)c4)c3)CC2)C(C)(C)C)cc1. The number of aliphatic hydroxyl groups excluding tert-OH is 1. The number of β-amino-alcohol motifs (C(OH)–C–C–N with tert-alkyl or cyclic N) is 1. The van der Waals surface area contributed by atoms with Crippen LogP contribution >= 0.6 is 11.3 Å². The monoisotopic (exact) mass is 1160 g/mol. The Morgan fingerprint density at radius 3 is 2.18 bits per heavy atom. The number of nitrogens with zero attached hydrogens (tertiary/aromatic N) is 6. The molecular weight excluding hydrogens is 1090 g/mol. The van der Waals surface area contributed by atoms with E-state index in [0.29, 0.717) is 69.3 Å². The van der Waals surface area contributed by atoms with Crippen molar-refractivity contribution in [3.63, 3.8) is 0 Å². The first-order chi connectivity index (χ1) is 39.6. The number of aryl methyl sites for hydroxylation is 1. The second-order valence-corrected chi connectivity index (χ2v) is 24.3. The molecular formula is C62H79F3N10O7S. The fourth-order valence-electron chi connectivity index (χ4n) is 11.2. The largest absolute Gasteiger partial charge is 0.417 e. The standard InChI is InChI=1S/C62H79F3N10O7S/c1-41-57(83-40-69-41)44-17-15-42(16-18-44)36-68-59(81)54-34-48(77)39-75(54)60(82)51(61(2,3)4)33-47(76)13-8-6-7-9-14-55(78)66-21-22-72-25-27-73(28-26-72)38-43-11-10-12-45(31-43)46-19-20-53(74-29-23-71(5)24-30-74)52(32-46)70-58(80)49-37-67-56(79)35-50(49)62(63,64)65/h10-12,15-20,31-32,35,37,40,48,51,54,77H,6-9,13-14,21-30,33-34,36,38-39H2,1-5H3,(H,66,78)(H,67,79)(H,68,81)(H,70,80)/t48-,51-,54+/m1/s1. The number of likely N-dealkylation sites (tertiary alicyclic amines) is 1. The quantitative estimate of drug-likeness (QED) is 0.0396. The number of halogens is 3. The number of carbonyl (C=O) groups is 5. The van der Waals surface area contributed by atoms with E-state index in [1.54, 1.807) is 17.4 Å². The molecule has 446 valence electrons. The molecule has 0 aliphatic carbocycles. The predicted molar refractivity (Wildman–Crippen MR) is 317 cm³/mol. The molecule has 3 aliphatic heterocycles. The molecule has 0 saturated carbocycles. The topological polar surface area (TPSA) is 204 Å². The molecule has 2 aromatic heterocycles. The van der Waals surface area contributed by atoms with Gasteiger partial charge in [-0.05, 0) is 78.2 Å². The number of carbonyl (C=O) groups excluding carboxylic acids is 5. The molecule has 4 amide bonds. The summed E-state index contributed by atoms with van der Waals surface area (Å²) in [5, 5.41) is 19.4. The van der Waals surface area contributed by atoms with Crippen molar-refractivity contribution in [3.8, 4) is 21.6 Å². The molecule has 21 heteroatoms. The van der Waals surface area contributed by atoms with Crippen LogP contribution < -0.4 is 26.4 Å². The zero-order chi connectivity index (χ0) is 59.4. The molecule has 3 aromatic carbocycles. The summed E-state index contributed by atoms with van der Waals surface area (Å²) in [7, 11) is 2.02. The maximum atomic E-state index is 14.1. The molecule has 5 N–H and O–H groups in total. The molecule has 0 radical (unpaired) electrons. The van der Waals surface area contributed by atoms with Gasteiger partial charge in [0, 0.05) is 129 Å². The Bertz CT molecular complexity index is 3110. The van der Waals surface area contributed by atoms with Gasteiger partial charge in [-0.3, -0.25) is 38.6 Å². The van der Waals surface area contributed by atoms with Gasteiger partial charge in [0.15, 0.2) is 0 Å². The number of H-pyrrole nitrogens is 1. The van der Waals surface area contributed by atoms with Crippen LogP contribution in [0.5, 0.6) is 0 Å². The fraction of sp³-hybridized carbons (Fsp3) is 0.500. The van der Waals surface area contributed by atoms with E-state index in [-0.39, 0.29) is 49.4 Å². The van der Waals surface area contributed by atoms with Gasteiger partial charge in [-0.2, -0.15) is 13.2 Å². The van der Waals surface area contributed by atoms with E-state index in [1.165, 1.54) is 4.90 Å². The van der Waals surface area contributed by atoms with Gasteiger partial charge < -0.3 is 40.7 Å². The van der Waals surface area contributed by atoms with Gasteiger partial charge >= 0.3 is 6.18 Å². The number of likely N-dealkylation sites (N-methyl/N-ethyl adjacent to an activating group) is 1. The van der Waals surface area contributed by atoms with Gasteiger partial charge in [0.2, 0.25) is 23.3 Å². The van der Waals surface area contributed by atoms with Crippen LogP contribution in [0.25, 0.3) is 21.6 Å². The molecule has 5 aromatic rings. The Labute approximate surface area is 488 Å². The average Bonchev–Trinajstić information content (AvgIpc) is 4.32. The van der Waals surface area contributed by atoms with E-state index < -0.39 is 52.2 Å². The molecule has 83 heavy (non-hydrogen) atoms. The van der Waals surface area contributed by atoms with E-state index in [2.05, 4.69) is 57.7 Å². The number of aliphatic hydroxyl groups is 1. The van der Waals surface area contributed by atoms with Crippen LogP contribution in [-0.4, -0.2) is 155 Å². The van der Waals surface area contributed by atoms with Crippen molar-refractivity contribution in [2.24, 2.45) is 11.3 Å². The lowest BCUT2D eigenvalue weighted by Crippen LogP contribution is -2.50. The number of hydrogen-bond donors (Lipinski definition) is 5. The number of hydrogen-bond acceptors (Lipinski definition) is 13. The first-order valence-corrected chi connectivity index (χ1v) is 29.7. The zero-order valence-corrected chi connectivity index (χ0v) is 49.1. The van der Waals surface area contributed by atoms with Gasteiger partial charge in [0.25, 0.3) is 5.91 Å². The summed E-state index contributed by atoms with van der Waals surface area (Å²) >= 11 is 1.57. The number of thiazole rings is 1. The number of aromatic amines is 1. The number of pyridine rings is 1. The minimum atomic E-state index is -4.91. The van der Waals surface area contributed by atoms with Crippen molar-refractivity contribution in [3.05, 3.63) is 123 Å². The smallest absolute Gasteiger partial charge is 0.391 e. The van der Waals surface area contributed by atoms with E-state index in [4.69, 9.17) is 0 Å². The predicted octanol–water partition coefficient (Wildman–Crippen LogP) is 7.97. The molecule has 0 bridgehead atoms. The number of ketones is 1. The normalized spacial score (nSPS) is 17.8. The number of nitrogens with one attached hydrogen (secondary N) is 4. The van der Waals surface area contributed by atoms with Crippen LogP contribution in [-0.2, 0) is 38.4 Å². The number of alkyl halides is 3. The Morgan fingerprint density at radius 1 is 0.807 bits per heavy atom. The summed E-state index contributed by atoms with van der Waals surface area (Å²) in [6.07, 6.45) is -1.14. The third-order valence-electron chi connectivity index (χ3n) is 16.1. The number of rotatable bonds is 23. The van der Waals surface area contributed by atoms with Gasteiger partial charge in [-0.25, -0.2) is 4.98 Å². The van der Waals surface area contributed by atoms with Crippen LogP contribution in [0.1, 0.15) is 105 Å². The number of Topliss-reactive ketones (excluding diaryl/α,β-unsaturated/α-hetero) is 1. The summed E-state index contributed by atoms with van der Waals surface area (Å²) in [6.45, 7) is 16.2. The lowest BCUT2D eigenvalue weighted by Gasteiger charge is -2.35. The second kappa shape index (κ2) is 28.2. The minimum absolute atomic E-state index is 0.00512. The molecule has 3 aliphatic rings. The summed E-state index contributed by atoms with van der Waals surface area (Å²) in [4.78, 5) is 97.2. The number of anilines is 2. The third-order valence-corrected chi connectivity index (χ3v) is 17.1. The number of unbranched alkanes of at least 4 members (excludes halogenated alkanes) is 3. The molecule has 0 spiro atoms. The molecule has 8 rings (SSSR count). The van der Waals surface area contributed by atoms with Crippen molar-refractivity contribution >= 4 is 52.1 Å². The highest BCUT2D eigenvalue weighted by Gasteiger charge is 2.44. The highest BCUT2D eigenvalue weighted by atomic mass is 32.1. The number of piperazine rings is 2. The highest BCUT2D eigenvalue weighted by Crippen LogP contribution is 2.37. The van der Waals surface area contributed by atoms with E-state index in [0.717, 1.165) is 103 Å². The minimum Gasteiger partial charge on any atom is -0.391 e. The van der Waals surface area contributed by atoms with Crippen molar-refractivity contribution in [2.45, 2.75) is 110 Å². The van der Waals surface area contributed by atoms with E-state index >= 15 is 0 Å². The van der Waals surface area contributed by atoms with Gasteiger partial charge in [0.05, 0.1) is 44.7 Å². The summed E-state index contributed by atoms with van der Waals surface area (Å²) in [5.41, 5.74) is 5.05. The van der Waals surface area contributed by atoms with Crippen molar-refractivity contribution in [2.75, 3.05) is 89.3 Å². The Morgan fingerprint density at radius 2 is 1.49 bits per heavy atom. The number of amides is 4. The van der Waals surface area contributed by atoms with Crippen molar-refractivity contribution < 1.29 is 42.3 Å². The number of aromatic nitrogens is 2. The molecule has 0 unspecified atom stereocenters.